The first kappa shape index (κ1) is 19.2. The fourth-order valence-corrected chi connectivity index (χ4v) is 1.65. The van der Waals surface area contributed by atoms with E-state index in [4.69, 9.17) is 9.47 Å². The van der Waals surface area contributed by atoms with Crippen molar-refractivity contribution in [2.45, 2.75) is 78.2 Å². The van der Waals surface area contributed by atoms with Gasteiger partial charge in [-0.3, -0.25) is 0 Å². The molecule has 0 aromatic rings. The summed E-state index contributed by atoms with van der Waals surface area (Å²) < 4.78 is 10.8. The molecule has 0 aromatic heterocycles. The lowest BCUT2D eigenvalue weighted by molar-refractivity contribution is -0.139. The van der Waals surface area contributed by atoms with Gasteiger partial charge in [-0.15, -0.1) is 0 Å². The van der Waals surface area contributed by atoms with Gasteiger partial charge in [0.25, 0.3) is 0 Å². The highest BCUT2D eigenvalue weighted by atomic mass is 16.5. The molecule has 0 N–H and O–H groups in total. The van der Waals surface area contributed by atoms with Crippen LogP contribution in [0.25, 0.3) is 0 Å². The van der Waals surface area contributed by atoms with Gasteiger partial charge in [0, 0.05) is 12.2 Å². The number of rotatable bonds is 12. The zero-order chi connectivity index (χ0) is 15.4. The maximum absolute atomic E-state index is 11.1. The van der Waals surface area contributed by atoms with Crippen LogP contribution in [0.15, 0.2) is 12.2 Å². The van der Waals surface area contributed by atoms with Crippen molar-refractivity contribution >= 4 is 5.97 Å². The van der Waals surface area contributed by atoms with Gasteiger partial charge in [0.05, 0.1) is 12.2 Å². The Morgan fingerprint density at radius 2 is 1.50 bits per heavy atom. The second-order valence-corrected chi connectivity index (χ2v) is 6.00. The Labute approximate surface area is 124 Å². The van der Waals surface area contributed by atoms with Gasteiger partial charge < -0.3 is 9.47 Å². The van der Waals surface area contributed by atoms with E-state index >= 15 is 0 Å². The van der Waals surface area contributed by atoms with Gasteiger partial charge in [-0.1, -0.05) is 39.2 Å². The highest BCUT2D eigenvalue weighted by Gasteiger charge is 2.14. The molecule has 118 valence electrons. The van der Waals surface area contributed by atoms with Crippen LogP contribution in [-0.2, 0) is 14.3 Å². The average Bonchev–Trinajstić information content (AvgIpc) is 2.40. The van der Waals surface area contributed by atoms with Crippen LogP contribution in [0.4, 0.5) is 0 Å². The lowest BCUT2D eigenvalue weighted by Crippen LogP contribution is -2.23. The summed E-state index contributed by atoms with van der Waals surface area (Å²) >= 11 is 0. The first-order valence-corrected chi connectivity index (χ1v) is 7.85. The van der Waals surface area contributed by atoms with Crippen LogP contribution in [-0.4, -0.2) is 24.8 Å². The summed E-state index contributed by atoms with van der Waals surface area (Å²) in [6, 6.07) is 0. The van der Waals surface area contributed by atoms with Gasteiger partial charge in [-0.2, -0.15) is 0 Å². The number of carbonyl (C=O) groups is 1. The van der Waals surface area contributed by atoms with Gasteiger partial charge >= 0.3 is 5.97 Å². The largest absolute Gasteiger partial charge is 0.462 e. The number of hydrogen-bond donors (Lipinski definition) is 0. The molecule has 0 atom stereocenters. The number of hydrogen-bond acceptors (Lipinski definition) is 3. The van der Waals surface area contributed by atoms with Crippen LogP contribution in [0.1, 0.15) is 72.6 Å². The fourth-order valence-electron chi connectivity index (χ4n) is 1.65. The SMILES string of the molecule is C=C(C)C(=O)OCCCCCCCCOC(C)(C)CC. The minimum atomic E-state index is -0.277. The summed E-state index contributed by atoms with van der Waals surface area (Å²) in [5.41, 5.74) is 0.493. The van der Waals surface area contributed by atoms with Crippen molar-refractivity contribution < 1.29 is 14.3 Å². The topological polar surface area (TPSA) is 35.5 Å². The molecule has 0 saturated carbocycles. The summed E-state index contributed by atoms with van der Waals surface area (Å²) in [4.78, 5) is 11.1. The van der Waals surface area contributed by atoms with E-state index in [0.29, 0.717) is 12.2 Å². The fraction of sp³-hybridized carbons (Fsp3) is 0.824. The van der Waals surface area contributed by atoms with Crippen molar-refractivity contribution in [1.29, 1.82) is 0 Å². The third kappa shape index (κ3) is 11.0. The molecule has 3 heteroatoms. The molecule has 0 aliphatic rings. The zero-order valence-electron chi connectivity index (χ0n) is 13.8. The maximum atomic E-state index is 11.1. The first-order chi connectivity index (χ1) is 9.39. The third-order valence-electron chi connectivity index (χ3n) is 3.46. The Balaban J connectivity index is 3.25. The molecule has 0 heterocycles. The number of esters is 1. The number of ether oxygens (including phenoxy) is 2. The normalized spacial score (nSPS) is 11.4. The molecule has 0 aliphatic heterocycles. The van der Waals surface area contributed by atoms with E-state index in [1.165, 1.54) is 19.3 Å². The molecule has 3 nitrogen and oxygen atoms in total. The number of unbranched alkanes of at least 4 members (excludes halogenated alkanes) is 5. The second kappa shape index (κ2) is 10.9. The Morgan fingerprint density at radius 1 is 1.00 bits per heavy atom. The van der Waals surface area contributed by atoms with E-state index in [9.17, 15) is 4.79 Å². The van der Waals surface area contributed by atoms with Crippen LogP contribution >= 0.6 is 0 Å². The van der Waals surface area contributed by atoms with E-state index in [1.54, 1.807) is 6.92 Å². The van der Waals surface area contributed by atoms with E-state index in [2.05, 4.69) is 27.4 Å². The van der Waals surface area contributed by atoms with Crippen molar-refractivity contribution in [3.63, 3.8) is 0 Å². The summed E-state index contributed by atoms with van der Waals surface area (Å²) in [6.07, 6.45) is 7.88. The molecule has 0 rings (SSSR count). The maximum Gasteiger partial charge on any atom is 0.333 e. The van der Waals surface area contributed by atoms with Gasteiger partial charge in [-0.25, -0.2) is 4.79 Å². The molecule has 0 fully saturated rings. The average molecular weight is 284 g/mol. The predicted molar refractivity (Wildman–Crippen MR) is 83.8 cm³/mol. The van der Waals surface area contributed by atoms with Crippen LogP contribution in [0.2, 0.25) is 0 Å². The third-order valence-corrected chi connectivity index (χ3v) is 3.46. The quantitative estimate of drug-likeness (QED) is 0.297. The minimum absolute atomic E-state index is 0.0210. The molecule has 0 aromatic carbocycles. The lowest BCUT2D eigenvalue weighted by Gasteiger charge is -2.23. The molecule has 0 amide bonds. The van der Waals surface area contributed by atoms with Crippen molar-refractivity contribution in [1.82, 2.24) is 0 Å². The molecule has 0 aliphatic carbocycles. The van der Waals surface area contributed by atoms with Crippen molar-refractivity contribution in [3.05, 3.63) is 12.2 Å². The van der Waals surface area contributed by atoms with Gasteiger partial charge in [0.2, 0.25) is 0 Å². The molecule has 0 radical (unpaired) electrons. The van der Waals surface area contributed by atoms with Crippen molar-refractivity contribution in [2.24, 2.45) is 0 Å². The molecule has 0 saturated heterocycles. The van der Waals surface area contributed by atoms with E-state index in [1.807, 2.05) is 0 Å². The Morgan fingerprint density at radius 3 is 2.00 bits per heavy atom. The zero-order valence-corrected chi connectivity index (χ0v) is 13.8. The predicted octanol–water partition coefficient (Wildman–Crippen LogP) is 4.65. The minimum Gasteiger partial charge on any atom is -0.462 e. The highest BCUT2D eigenvalue weighted by Crippen LogP contribution is 2.14. The van der Waals surface area contributed by atoms with Gasteiger partial charge in [0.1, 0.15) is 0 Å². The Kier molecular flexibility index (Phi) is 10.4. The van der Waals surface area contributed by atoms with Crippen molar-refractivity contribution in [3.8, 4) is 0 Å². The number of carbonyl (C=O) groups excluding carboxylic acids is 1. The highest BCUT2D eigenvalue weighted by molar-refractivity contribution is 5.86. The standard InChI is InChI=1S/C17H32O3/c1-6-17(4,5)20-14-12-10-8-7-9-11-13-19-16(18)15(2)3/h2,6-14H2,1,3-5H3. The molecular formula is C17H32O3. The summed E-state index contributed by atoms with van der Waals surface area (Å²) in [5, 5.41) is 0. The summed E-state index contributed by atoms with van der Waals surface area (Å²) in [7, 11) is 0. The van der Waals surface area contributed by atoms with Crippen LogP contribution in [0.5, 0.6) is 0 Å². The molecule has 20 heavy (non-hydrogen) atoms. The molecule has 0 spiro atoms. The molecule has 0 bridgehead atoms. The van der Waals surface area contributed by atoms with E-state index < -0.39 is 0 Å². The van der Waals surface area contributed by atoms with Crippen LogP contribution < -0.4 is 0 Å². The van der Waals surface area contributed by atoms with Crippen LogP contribution in [0, 0.1) is 0 Å². The second-order valence-electron chi connectivity index (χ2n) is 6.00. The van der Waals surface area contributed by atoms with E-state index in [-0.39, 0.29) is 11.6 Å². The van der Waals surface area contributed by atoms with Gasteiger partial charge in [0.15, 0.2) is 0 Å². The molecule has 0 unspecified atom stereocenters. The van der Waals surface area contributed by atoms with Gasteiger partial charge in [-0.05, 0) is 40.0 Å². The summed E-state index contributed by atoms with van der Waals surface area (Å²) in [5.74, 6) is -0.277. The monoisotopic (exact) mass is 284 g/mol. The van der Waals surface area contributed by atoms with E-state index in [0.717, 1.165) is 32.3 Å². The first-order valence-electron chi connectivity index (χ1n) is 7.85. The Hall–Kier alpha value is -0.830. The van der Waals surface area contributed by atoms with Crippen molar-refractivity contribution in [2.75, 3.05) is 13.2 Å². The summed E-state index contributed by atoms with van der Waals surface area (Å²) in [6.45, 7) is 13.0. The lowest BCUT2D eigenvalue weighted by atomic mass is 10.1. The molecular weight excluding hydrogens is 252 g/mol. The van der Waals surface area contributed by atoms with Crippen LogP contribution in [0.3, 0.4) is 0 Å². The smallest absolute Gasteiger partial charge is 0.333 e. The Bertz CT molecular complexity index is 282.